The van der Waals surface area contributed by atoms with E-state index >= 15 is 0 Å². The zero-order valence-corrected chi connectivity index (χ0v) is 12.6. The van der Waals surface area contributed by atoms with Gasteiger partial charge in [-0.25, -0.2) is 9.97 Å². The molecular formula is C16H17F3N4. The summed E-state index contributed by atoms with van der Waals surface area (Å²) in [7, 11) is 0. The molecule has 2 aromatic rings. The number of alkyl halides is 3. The number of nitrogens with one attached hydrogen (secondary N) is 1. The van der Waals surface area contributed by atoms with E-state index in [1.54, 1.807) is 12.1 Å². The van der Waals surface area contributed by atoms with Crippen molar-refractivity contribution in [2.24, 2.45) is 5.92 Å². The predicted molar refractivity (Wildman–Crippen MR) is 80.7 cm³/mol. The van der Waals surface area contributed by atoms with Crippen molar-refractivity contribution in [1.29, 1.82) is 0 Å². The summed E-state index contributed by atoms with van der Waals surface area (Å²) >= 11 is 0. The molecule has 122 valence electrons. The highest BCUT2D eigenvalue weighted by Crippen LogP contribution is 2.38. The number of nitrogens with zero attached hydrogens (tertiary/aromatic N) is 3. The second-order valence-corrected chi connectivity index (χ2v) is 5.73. The smallest absolute Gasteiger partial charge is 0.367 e. The van der Waals surface area contributed by atoms with Gasteiger partial charge in [-0.05, 0) is 30.9 Å². The maximum absolute atomic E-state index is 13.1. The SMILES string of the molecule is CCCC1CC1Nc1cc(C(F)(F)F)nc(-c2ccncc2)n1. The minimum Gasteiger partial charge on any atom is -0.367 e. The van der Waals surface area contributed by atoms with Crippen LogP contribution in [0, 0.1) is 5.92 Å². The zero-order chi connectivity index (χ0) is 16.4. The number of anilines is 1. The third-order valence-electron chi connectivity index (χ3n) is 3.87. The molecule has 1 aliphatic carbocycles. The molecule has 1 saturated carbocycles. The third-order valence-corrected chi connectivity index (χ3v) is 3.87. The summed E-state index contributed by atoms with van der Waals surface area (Å²) in [6.07, 6.45) is 1.63. The van der Waals surface area contributed by atoms with E-state index in [4.69, 9.17) is 0 Å². The van der Waals surface area contributed by atoms with Crippen LogP contribution in [0.5, 0.6) is 0 Å². The fourth-order valence-corrected chi connectivity index (χ4v) is 2.60. The van der Waals surface area contributed by atoms with Gasteiger partial charge >= 0.3 is 6.18 Å². The Balaban J connectivity index is 1.90. The van der Waals surface area contributed by atoms with Crippen LogP contribution in [-0.2, 0) is 6.18 Å². The van der Waals surface area contributed by atoms with Gasteiger partial charge in [-0.2, -0.15) is 13.2 Å². The Morgan fingerprint density at radius 1 is 1.22 bits per heavy atom. The van der Waals surface area contributed by atoms with E-state index in [9.17, 15) is 13.2 Å². The lowest BCUT2D eigenvalue weighted by Gasteiger charge is -2.12. The molecule has 7 heteroatoms. The van der Waals surface area contributed by atoms with Crippen LogP contribution in [0.25, 0.3) is 11.4 Å². The van der Waals surface area contributed by atoms with Gasteiger partial charge in [-0.1, -0.05) is 13.3 Å². The minimum atomic E-state index is -4.51. The summed E-state index contributed by atoms with van der Waals surface area (Å²) in [5, 5.41) is 3.11. The Morgan fingerprint density at radius 3 is 2.61 bits per heavy atom. The van der Waals surface area contributed by atoms with Gasteiger partial charge in [-0.3, -0.25) is 4.98 Å². The molecule has 23 heavy (non-hydrogen) atoms. The van der Waals surface area contributed by atoms with E-state index in [1.807, 2.05) is 0 Å². The topological polar surface area (TPSA) is 50.7 Å². The van der Waals surface area contributed by atoms with Crippen LogP contribution in [0.2, 0.25) is 0 Å². The quantitative estimate of drug-likeness (QED) is 0.898. The molecule has 2 heterocycles. The molecule has 0 bridgehead atoms. The summed E-state index contributed by atoms with van der Waals surface area (Å²) < 4.78 is 39.3. The van der Waals surface area contributed by atoms with Crippen LogP contribution in [0.15, 0.2) is 30.6 Å². The van der Waals surface area contributed by atoms with Gasteiger partial charge in [0.1, 0.15) is 5.82 Å². The van der Waals surface area contributed by atoms with E-state index in [0.29, 0.717) is 11.5 Å². The Morgan fingerprint density at radius 2 is 1.96 bits per heavy atom. The average molecular weight is 322 g/mol. The van der Waals surface area contributed by atoms with Crippen molar-refractivity contribution in [1.82, 2.24) is 15.0 Å². The van der Waals surface area contributed by atoms with Crippen molar-refractivity contribution >= 4 is 5.82 Å². The largest absolute Gasteiger partial charge is 0.433 e. The highest BCUT2D eigenvalue weighted by Gasteiger charge is 2.38. The average Bonchev–Trinajstić information content (AvgIpc) is 3.25. The Bertz CT molecular complexity index is 673. The van der Waals surface area contributed by atoms with E-state index in [0.717, 1.165) is 25.3 Å². The first-order valence-corrected chi connectivity index (χ1v) is 7.60. The van der Waals surface area contributed by atoms with Crippen LogP contribution in [0.3, 0.4) is 0 Å². The molecule has 0 aliphatic heterocycles. The Kier molecular flexibility index (Phi) is 4.19. The summed E-state index contributed by atoms with van der Waals surface area (Å²) in [6, 6.07) is 4.37. The zero-order valence-electron chi connectivity index (χ0n) is 12.6. The molecule has 0 radical (unpaired) electrons. The van der Waals surface area contributed by atoms with Crippen molar-refractivity contribution < 1.29 is 13.2 Å². The second kappa shape index (κ2) is 6.14. The van der Waals surface area contributed by atoms with Crippen molar-refractivity contribution in [3.8, 4) is 11.4 Å². The van der Waals surface area contributed by atoms with Gasteiger partial charge in [0.15, 0.2) is 11.5 Å². The van der Waals surface area contributed by atoms with Crippen molar-refractivity contribution in [3.05, 3.63) is 36.3 Å². The van der Waals surface area contributed by atoms with Gasteiger partial charge in [0.2, 0.25) is 0 Å². The molecule has 1 fully saturated rings. The molecule has 4 nitrogen and oxygen atoms in total. The summed E-state index contributed by atoms with van der Waals surface area (Å²) in [4.78, 5) is 11.8. The van der Waals surface area contributed by atoms with Crippen molar-refractivity contribution in [3.63, 3.8) is 0 Å². The number of aromatic nitrogens is 3. The van der Waals surface area contributed by atoms with Crippen molar-refractivity contribution in [2.45, 2.75) is 38.4 Å². The lowest BCUT2D eigenvalue weighted by Crippen LogP contribution is -2.13. The molecule has 3 rings (SSSR count). The molecule has 0 spiro atoms. The number of pyridine rings is 1. The normalized spacial score (nSPS) is 20.3. The van der Waals surface area contributed by atoms with E-state index in [1.165, 1.54) is 12.4 Å². The highest BCUT2D eigenvalue weighted by atomic mass is 19.4. The molecule has 2 aromatic heterocycles. The van der Waals surface area contributed by atoms with Gasteiger partial charge in [0.05, 0.1) is 0 Å². The first-order chi connectivity index (χ1) is 11.0. The van der Waals surface area contributed by atoms with Crippen LogP contribution in [0.1, 0.15) is 31.9 Å². The van der Waals surface area contributed by atoms with Gasteiger partial charge < -0.3 is 5.32 Å². The van der Waals surface area contributed by atoms with Gasteiger partial charge in [0.25, 0.3) is 0 Å². The lowest BCUT2D eigenvalue weighted by atomic mass is 10.2. The maximum atomic E-state index is 13.1. The first kappa shape index (κ1) is 15.7. The second-order valence-electron chi connectivity index (χ2n) is 5.73. The predicted octanol–water partition coefficient (Wildman–Crippen LogP) is 4.16. The number of halogens is 3. The Labute approximate surface area is 132 Å². The van der Waals surface area contributed by atoms with E-state index < -0.39 is 11.9 Å². The third kappa shape index (κ3) is 3.78. The first-order valence-electron chi connectivity index (χ1n) is 7.60. The molecule has 2 atom stereocenters. The molecule has 2 unspecified atom stereocenters. The molecule has 1 aliphatic rings. The maximum Gasteiger partial charge on any atom is 0.433 e. The molecular weight excluding hydrogens is 305 g/mol. The Hall–Kier alpha value is -2.18. The van der Waals surface area contributed by atoms with E-state index in [2.05, 4.69) is 27.2 Å². The van der Waals surface area contributed by atoms with Gasteiger partial charge in [0, 0.05) is 30.1 Å². The van der Waals surface area contributed by atoms with Crippen molar-refractivity contribution in [2.75, 3.05) is 5.32 Å². The fraction of sp³-hybridized carbons (Fsp3) is 0.438. The van der Waals surface area contributed by atoms with Crippen LogP contribution < -0.4 is 5.32 Å². The fourth-order valence-electron chi connectivity index (χ4n) is 2.60. The monoisotopic (exact) mass is 322 g/mol. The molecule has 0 amide bonds. The number of rotatable bonds is 5. The van der Waals surface area contributed by atoms with E-state index in [-0.39, 0.29) is 17.7 Å². The van der Waals surface area contributed by atoms with Crippen LogP contribution >= 0.6 is 0 Å². The number of hydrogen-bond donors (Lipinski definition) is 1. The standard InChI is InChI=1S/C16H17F3N4/c1-2-3-11-8-12(11)21-14-9-13(16(17,18)19)22-15(23-14)10-4-6-20-7-5-10/h4-7,9,11-12H,2-3,8H2,1H3,(H,21,22,23). The highest BCUT2D eigenvalue weighted by molar-refractivity contribution is 5.57. The van der Waals surface area contributed by atoms with Crippen LogP contribution in [-0.4, -0.2) is 21.0 Å². The molecule has 0 aromatic carbocycles. The number of hydrogen-bond acceptors (Lipinski definition) is 4. The van der Waals surface area contributed by atoms with Crippen LogP contribution in [0.4, 0.5) is 19.0 Å². The minimum absolute atomic E-state index is 0.0532. The lowest BCUT2D eigenvalue weighted by molar-refractivity contribution is -0.141. The van der Waals surface area contributed by atoms with Gasteiger partial charge in [-0.15, -0.1) is 0 Å². The molecule has 1 N–H and O–H groups in total. The summed E-state index contributed by atoms with van der Waals surface area (Å²) in [5.74, 6) is 0.800. The molecule has 0 saturated heterocycles. The summed E-state index contributed by atoms with van der Waals surface area (Å²) in [6.45, 7) is 2.10. The summed E-state index contributed by atoms with van der Waals surface area (Å²) in [5.41, 5.74) is -0.426.